The van der Waals surface area contributed by atoms with E-state index in [0.717, 1.165) is 5.39 Å². The summed E-state index contributed by atoms with van der Waals surface area (Å²) in [5, 5.41) is 0.916. The van der Waals surface area contributed by atoms with E-state index in [1.54, 1.807) is 20.2 Å². The Morgan fingerprint density at radius 1 is 1.33 bits per heavy atom. The molecule has 0 spiro atoms. The van der Waals surface area contributed by atoms with Crippen molar-refractivity contribution >= 4 is 17.1 Å². The largest absolute Gasteiger partial charge is 0.425 e. The van der Waals surface area contributed by atoms with E-state index in [-0.39, 0.29) is 5.95 Å². The average Bonchev–Trinajstić information content (AvgIpc) is 2.59. The van der Waals surface area contributed by atoms with Gasteiger partial charge in [0.2, 0.25) is 0 Å². The number of benzene rings is 1. The summed E-state index contributed by atoms with van der Waals surface area (Å²) in [6.07, 6.45) is -0.450. The number of para-hydroxylation sites is 1. The number of carbonyl (C=O) groups excluding carboxylic acids is 1. The second-order valence-electron chi connectivity index (χ2n) is 3.37. The van der Waals surface area contributed by atoms with Gasteiger partial charge < -0.3 is 14.1 Å². The molecular formula is C11H11NO3. The van der Waals surface area contributed by atoms with E-state index >= 15 is 0 Å². The van der Waals surface area contributed by atoms with Crippen LogP contribution in [0.3, 0.4) is 0 Å². The van der Waals surface area contributed by atoms with Crippen molar-refractivity contribution in [2.45, 2.75) is 0 Å². The highest BCUT2D eigenvalue weighted by atomic mass is 16.6. The van der Waals surface area contributed by atoms with Crippen LogP contribution in [0.2, 0.25) is 0 Å². The molecule has 0 aliphatic heterocycles. The second kappa shape index (κ2) is 3.65. The SMILES string of the molecule is CN(C)C(=O)Oc1cc2ccccc2o1. The molecular weight excluding hydrogens is 194 g/mol. The maximum atomic E-state index is 11.2. The molecule has 78 valence electrons. The molecule has 4 nitrogen and oxygen atoms in total. The molecule has 0 fully saturated rings. The molecule has 0 aliphatic rings. The Morgan fingerprint density at radius 2 is 2.07 bits per heavy atom. The Bertz CT molecular complexity index is 454. The van der Waals surface area contributed by atoms with Crippen LogP contribution in [0.25, 0.3) is 11.0 Å². The molecule has 2 aromatic rings. The molecule has 0 bridgehead atoms. The van der Waals surface area contributed by atoms with Gasteiger partial charge in [0.05, 0.1) is 0 Å². The predicted octanol–water partition coefficient (Wildman–Crippen LogP) is 2.49. The topological polar surface area (TPSA) is 42.7 Å². The van der Waals surface area contributed by atoms with Gasteiger partial charge in [0.1, 0.15) is 5.58 Å². The van der Waals surface area contributed by atoms with Gasteiger partial charge in [0, 0.05) is 25.5 Å². The zero-order valence-corrected chi connectivity index (χ0v) is 8.56. The molecule has 0 atom stereocenters. The summed E-state index contributed by atoms with van der Waals surface area (Å²) in [4.78, 5) is 12.6. The van der Waals surface area contributed by atoms with Crippen molar-refractivity contribution in [1.29, 1.82) is 0 Å². The van der Waals surface area contributed by atoms with E-state index in [4.69, 9.17) is 9.15 Å². The molecule has 2 rings (SSSR count). The van der Waals surface area contributed by atoms with Gasteiger partial charge in [0.25, 0.3) is 5.95 Å². The Labute approximate surface area is 87.0 Å². The summed E-state index contributed by atoms with van der Waals surface area (Å²) in [6, 6.07) is 9.17. The molecule has 1 aromatic carbocycles. The van der Waals surface area contributed by atoms with Crippen LogP contribution in [0.5, 0.6) is 5.95 Å². The van der Waals surface area contributed by atoms with Crippen molar-refractivity contribution in [3.8, 4) is 5.95 Å². The number of ether oxygens (including phenoxy) is 1. The quantitative estimate of drug-likeness (QED) is 0.718. The number of rotatable bonds is 1. The maximum absolute atomic E-state index is 11.2. The zero-order valence-electron chi connectivity index (χ0n) is 8.56. The van der Waals surface area contributed by atoms with Crippen LogP contribution in [0.15, 0.2) is 34.7 Å². The summed E-state index contributed by atoms with van der Waals surface area (Å²) in [7, 11) is 3.23. The van der Waals surface area contributed by atoms with Crippen molar-refractivity contribution in [2.24, 2.45) is 0 Å². The van der Waals surface area contributed by atoms with Crippen LogP contribution >= 0.6 is 0 Å². The van der Waals surface area contributed by atoms with Gasteiger partial charge in [-0.15, -0.1) is 0 Å². The van der Waals surface area contributed by atoms with Crippen LogP contribution < -0.4 is 4.74 Å². The Morgan fingerprint density at radius 3 is 2.73 bits per heavy atom. The van der Waals surface area contributed by atoms with Crippen LogP contribution in [0.4, 0.5) is 4.79 Å². The minimum atomic E-state index is -0.450. The number of nitrogens with zero attached hydrogens (tertiary/aromatic N) is 1. The Hall–Kier alpha value is -1.97. The lowest BCUT2D eigenvalue weighted by Gasteiger charge is -2.07. The van der Waals surface area contributed by atoms with E-state index < -0.39 is 6.09 Å². The zero-order chi connectivity index (χ0) is 10.8. The van der Waals surface area contributed by atoms with Crippen molar-refractivity contribution < 1.29 is 13.9 Å². The lowest BCUT2D eigenvalue weighted by molar-refractivity contribution is 0.161. The molecule has 15 heavy (non-hydrogen) atoms. The molecule has 1 amide bonds. The average molecular weight is 205 g/mol. The lowest BCUT2D eigenvalue weighted by atomic mass is 10.3. The summed E-state index contributed by atoms with van der Waals surface area (Å²) in [5.41, 5.74) is 0.707. The van der Waals surface area contributed by atoms with Crippen LogP contribution in [0.1, 0.15) is 0 Å². The first-order valence-corrected chi connectivity index (χ1v) is 4.54. The molecule has 1 heterocycles. The van der Waals surface area contributed by atoms with Crippen molar-refractivity contribution in [3.63, 3.8) is 0 Å². The number of hydrogen-bond acceptors (Lipinski definition) is 3. The molecule has 0 aliphatic carbocycles. The van der Waals surface area contributed by atoms with Crippen molar-refractivity contribution in [3.05, 3.63) is 30.3 Å². The summed E-state index contributed by atoms with van der Waals surface area (Å²) in [5.74, 6) is 0.218. The lowest BCUT2D eigenvalue weighted by Crippen LogP contribution is -2.25. The minimum absolute atomic E-state index is 0.218. The number of furan rings is 1. The second-order valence-corrected chi connectivity index (χ2v) is 3.37. The van der Waals surface area contributed by atoms with Crippen molar-refractivity contribution in [2.75, 3.05) is 14.1 Å². The third kappa shape index (κ3) is 1.93. The minimum Gasteiger partial charge on any atom is -0.425 e. The Balaban J connectivity index is 2.26. The number of carbonyl (C=O) groups is 1. The Kier molecular flexibility index (Phi) is 2.33. The third-order valence-corrected chi connectivity index (χ3v) is 1.96. The molecule has 0 radical (unpaired) electrons. The number of hydrogen-bond donors (Lipinski definition) is 0. The fourth-order valence-corrected chi connectivity index (χ4v) is 1.19. The highest BCUT2D eigenvalue weighted by molar-refractivity contribution is 5.79. The summed E-state index contributed by atoms with van der Waals surface area (Å²) < 4.78 is 10.3. The van der Waals surface area contributed by atoms with Gasteiger partial charge in [-0.1, -0.05) is 18.2 Å². The molecule has 0 N–H and O–H groups in total. The predicted molar refractivity (Wildman–Crippen MR) is 55.9 cm³/mol. The van der Waals surface area contributed by atoms with Gasteiger partial charge in [-0.2, -0.15) is 0 Å². The number of amides is 1. The van der Waals surface area contributed by atoms with Gasteiger partial charge in [0.15, 0.2) is 0 Å². The first-order chi connectivity index (χ1) is 7.16. The fourth-order valence-electron chi connectivity index (χ4n) is 1.19. The van der Waals surface area contributed by atoms with Crippen molar-refractivity contribution in [1.82, 2.24) is 4.90 Å². The van der Waals surface area contributed by atoms with E-state index in [9.17, 15) is 4.79 Å². The molecule has 0 saturated carbocycles. The first kappa shape index (κ1) is 9.58. The summed E-state index contributed by atoms with van der Waals surface area (Å²) >= 11 is 0. The van der Waals surface area contributed by atoms with E-state index in [0.29, 0.717) is 5.58 Å². The highest BCUT2D eigenvalue weighted by Gasteiger charge is 2.10. The maximum Gasteiger partial charge on any atom is 0.417 e. The van der Waals surface area contributed by atoms with E-state index in [1.165, 1.54) is 4.90 Å². The summed E-state index contributed by atoms with van der Waals surface area (Å²) in [6.45, 7) is 0. The normalized spacial score (nSPS) is 10.3. The van der Waals surface area contributed by atoms with Gasteiger partial charge in [-0.25, -0.2) is 4.79 Å². The monoisotopic (exact) mass is 205 g/mol. The molecule has 1 aromatic heterocycles. The van der Waals surface area contributed by atoms with E-state index in [2.05, 4.69) is 0 Å². The van der Waals surface area contributed by atoms with Gasteiger partial charge in [-0.3, -0.25) is 0 Å². The van der Waals surface area contributed by atoms with Crippen LogP contribution in [-0.2, 0) is 0 Å². The first-order valence-electron chi connectivity index (χ1n) is 4.54. The van der Waals surface area contributed by atoms with Gasteiger partial charge in [-0.05, 0) is 6.07 Å². The third-order valence-electron chi connectivity index (χ3n) is 1.96. The molecule has 0 unspecified atom stereocenters. The van der Waals surface area contributed by atoms with Crippen LogP contribution in [-0.4, -0.2) is 25.1 Å². The highest BCUT2D eigenvalue weighted by Crippen LogP contribution is 2.24. The van der Waals surface area contributed by atoms with Gasteiger partial charge >= 0.3 is 6.09 Å². The standard InChI is InChI=1S/C11H11NO3/c1-12(2)11(13)15-10-7-8-5-3-4-6-9(8)14-10/h3-7H,1-2H3. The van der Waals surface area contributed by atoms with E-state index in [1.807, 2.05) is 24.3 Å². The number of fused-ring (bicyclic) bond motifs is 1. The molecule has 0 saturated heterocycles. The fraction of sp³-hybridized carbons (Fsp3) is 0.182. The molecule has 4 heteroatoms. The van der Waals surface area contributed by atoms with Crippen LogP contribution in [0, 0.1) is 0 Å². The smallest absolute Gasteiger partial charge is 0.417 e.